The Kier molecular flexibility index (Phi) is 14.9. The van der Waals surface area contributed by atoms with Gasteiger partial charge in [-0.2, -0.15) is 0 Å². The number of carbonyl (C=O) groups excluding carboxylic acids is 1. The number of phenolic OH excluding ortho intramolecular Hbond substituents is 2. The van der Waals surface area contributed by atoms with E-state index in [4.69, 9.17) is 19.9 Å². The van der Waals surface area contributed by atoms with E-state index < -0.39 is 16.8 Å². The second-order valence-electron chi connectivity index (χ2n) is 17.9. The average molecular weight is 785 g/mol. The summed E-state index contributed by atoms with van der Waals surface area (Å²) in [5.74, 6) is -0.520. The largest absolute Gasteiger partial charge is 0.550 e. The number of aliphatic imine (C=N–C) groups is 2. The first-order valence-corrected chi connectivity index (χ1v) is 19.2. The van der Waals surface area contributed by atoms with Gasteiger partial charge >= 0.3 is 0 Å². The zero-order chi connectivity index (χ0) is 40.1. The molecule has 1 fully saturated rings. The van der Waals surface area contributed by atoms with Crippen LogP contribution in [0.25, 0.3) is 0 Å². The third-order valence-electron chi connectivity index (χ3n) is 10.9. The molecule has 0 amide bonds. The van der Waals surface area contributed by atoms with Gasteiger partial charge in [0, 0.05) is 68.6 Å². The molecule has 7 heteroatoms. The summed E-state index contributed by atoms with van der Waals surface area (Å²) in [5.41, 5.74) is 6.92. The Hall–Kier alpha value is -4.19. The van der Waals surface area contributed by atoms with Crippen molar-refractivity contribution in [1.29, 1.82) is 0 Å². The first-order chi connectivity index (χ1) is 25.1. The van der Waals surface area contributed by atoms with Crippen LogP contribution in [0.3, 0.4) is 0 Å². The van der Waals surface area contributed by atoms with Gasteiger partial charge in [-0.25, -0.2) is 0 Å². The molecule has 1 aliphatic rings. The third kappa shape index (κ3) is 11.2. The van der Waals surface area contributed by atoms with E-state index in [2.05, 4.69) is 142 Å². The van der Waals surface area contributed by atoms with Crippen LogP contribution in [0.1, 0.15) is 146 Å². The number of carboxylic acids is 1. The normalized spacial score (nSPS) is 16.7. The van der Waals surface area contributed by atoms with Gasteiger partial charge < -0.3 is 20.1 Å². The van der Waals surface area contributed by atoms with Gasteiger partial charge in [0.25, 0.3) is 0 Å². The van der Waals surface area contributed by atoms with Crippen molar-refractivity contribution < 1.29 is 37.2 Å². The molecule has 2 atom stereocenters. The fraction of sp³-hybridized carbons (Fsp3) is 0.438. The molecule has 4 aromatic carbocycles. The molecule has 5 rings (SSSR count). The van der Waals surface area contributed by atoms with E-state index >= 15 is 0 Å². The quantitative estimate of drug-likeness (QED) is 0.137. The molecule has 1 aliphatic carbocycles. The smallest absolute Gasteiger partial charge is 0.128 e. The number of rotatable bonds is 8. The summed E-state index contributed by atoms with van der Waals surface area (Å²) >= 11 is 0. The van der Waals surface area contributed by atoms with Crippen molar-refractivity contribution in [3.8, 4) is 11.5 Å². The number of carbonyl (C=O) groups is 1. The fourth-order valence-corrected chi connectivity index (χ4v) is 7.14. The van der Waals surface area contributed by atoms with Crippen LogP contribution < -0.4 is 5.11 Å². The van der Waals surface area contributed by atoms with Crippen molar-refractivity contribution in [2.45, 2.75) is 136 Å². The Morgan fingerprint density at radius 1 is 0.600 bits per heavy atom. The van der Waals surface area contributed by atoms with Crippen LogP contribution in [-0.4, -0.2) is 40.7 Å². The van der Waals surface area contributed by atoms with Crippen molar-refractivity contribution in [2.75, 3.05) is 0 Å². The van der Waals surface area contributed by atoms with E-state index in [9.17, 15) is 10.2 Å². The van der Waals surface area contributed by atoms with Gasteiger partial charge in [0.2, 0.25) is 0 Å². The van der Waals surface area contributed by atoms with Crippen LogP contribution in [0.5, 0.6) is 11.5 Å². The third-order valence-corrected chi connectivity index (χ3v) is 10.9. The number of carboxylic acid groups (broad SMARTS) is 1. The first kappa shape index (κ1) is 45.2. The van der Waals surface area contributed by atoms with Crippen LogP contribution in [0.15, 0.2) is 94.9 Å². The van der Waals surface area contributed by atoms with Gasteiger partial charge in [-0.15, -0.1) is 0 Å². The predicted octanol–water partition coefficient (Wildman–Crippen LogP) is 9.95. The number of hydrogen-bond acceptors (Lipinski definition) is 6. The molecule has 55 heavy (non-hydrogen) atoms. The maximum Gasteiger partial charge on any atom is 0.128 e. The molecule has 2 unspecified atom stereocenters. The molecular formula is C48H61MnN2O4-. The van der Waals surface area contributed by atoms with Crippen molar-refractivity contribution in [3.05, 3.63) is 129 Å². The Morgan fingerprint density at radius 2 is 0.909 bits per heavy atom. The minimum atomic E-state index is -1.08. The topological polar surface area (TPSA) is 105 Å². The van der Waals surface area contributed by atoms with Crippen LogP contribution in [0, 0.1) is 0 Å². The summed E-state index contributed by atoms with van der Waals surface area (Å²) in [4.78, 5) is 19.2. The number of phenols is 2. The van der Waals surface area contributed by atoms with E-state index in [-0.39, 0.29) is 51.5 Å². The fourth-order valence-electron chi connectivity index (χ4n) is 7.14. The summed E-state index contributed by atoms with van der Waals surface area (Å²) in [5, 5.41) is 32.4. The number of nitrogens with zero attached hydrogens (tertiary/aromatic N) is 2. The zero-order valence-electron chi connectivity index (χ0n) is 34.7. The first-order valence-electron chi connectivity index (χ1n) is 19.2. The molecular weight excluding hydrogens is 723 g/mol. The van der Waals surface area contributed by atoms with Gasteiger partial charge in [0.15, 0.2) is 0 Å². The van der Waals surface area contributed by atoms with E-state index in [1.165, 1.54) is 0 Å². The van der Waals surface area contributed by atoms with E-state index in [1.807, 2.05) is 24.6 Å². The standard InChI is InChI=1S/C46H58N2O2.C2H4O2.Mn/c1-43(2,3)35-25-31(41(49)37(27-35)45(7,8)33-19-13-11-14-20-33)29-47-39-23-17-18-24-40(39)48-30-32-26-36(44(4,5)6)28-38(42(32)50)46(9,10)34-21-15-12-16-22-34;1-2(3)4;/h11-16,19-22,25-30,39-40,49-50H,17-18,23-24H2,1-10H3;1H3,(H,3,4);/p-1. The number of benzene rings is 4. The molecule has 0 heterocycles. The minimum absolute atomic E-state index is 0. The van der Waals surface area contributed by atoms with Crippen molar-refractivity contribution in [2.24, 2.45) is 9.98 Å². The summed E-state index contributed by atoms with van der Waals surface area (Å²) in [6.45, 7) is 22.9. The number of aromatic hydroxyl groups is 2. The molecule has 0 saturated heterocycles. The number of hydrogen-bond donors (Lipinski definition) is 2. The molecule has 0 bridgehead atoms. The van der Waals surface area contributed by atoms with Crippen LogP contribution in [0.2, 0.25) is 0 Å². The molecule has 4 aromatic rings. The molecule has 0 aliphatic heterocycles. The van der Waals surface area contributed by atoms with Crippen LogP contribution >= 0.6 is 0 Å². The van der Waals surface area contributed by atoms with Crippen molar-refractivity contribution in [3.63, 3.8) is 0 Å². The molecule has 2 N–H and O–H groups in total. The molecule has 6 nitrogen and oxygen atoms in total. The Bertz CT molecular complexity index is 1810. The monoisotopic (exact) mass is 784 g/mol. The minimum Gasteiger partial charge on any atom is -0.550 e. The average Bonchev–Trinajstić information content (AvgIpc) is 3.10. The maximum absolute atomic E-state index is 11.8. The van der Waals surface area contributed by atoms with E-state index in [0.717, 1.165) is 77.1 Å². The van der Waals surface area contributed by atoms with Gasteiger partial charge in [0.05, 0.1) is 12.1 Å². The maximum atomic E-state index is 11.8. The summed E-state index contributed by atoms with van der Waals surface area (Å²) in [6, 6.07) is 29.3. The molecule has 0 aromatic heterocycles. The molecule has 1 saturated carbocycles. The number of aliphatic carboxylic acids is 1. The summed E-state index contributed by atoms with van der Waals surface area (Å²) in [6.07, 6.45) is 7.81. The van der Waals surface area contributed by atoms with Crippen LogP contribution in [0.4, 0.5) is 0 Å². The SMILES string of the molecule is CC(=O)[O-].CC(C)(C)c1cc(C=NC2CCCCC2N=Cc2cc(C(C)(C)C)cc(C(C)(C)c3ccccc3)c2O)c(O)c(C(C)(C)c2ccccc2)c1.[Mn]. The van der Waals surface area contributed by atoms with Gasteiger partial charge in [0.1, 0.15) is 11.5 Å². The molecule has 0 spiro atoms. The van der Waals surface area contributed by atoms with Gasteiger partial charge in [-0.1, -0.05) is 155 Å². The van der Waals surface area contributed by atoms with Crippen LogP contribution in [-0.2, 0) is 43.5 Å². The second kappa shape index (κ2) is 18.2. The second-order valence-corrected chi connectivity index (χ2v) is 17.9. The van der Waals surface area contributed by atoms with E-state index in [0.29, 0.717) is 0 Å². The predicted molar refractivity (Wildman–Crippen MR) is 223 cm³/mol. The molecule has 1 radical (unpaired) electrons. The van der Waals surface area contributed by atoms with Crippen molar-refractivity contribution >= 4 is 18.4 Å². The Labute approximate surface area is 340 Å². The zero-order valence-corrected chi connectivity index (χ0v) is 35.9. The summed E-state index contributed by atoms with van der Waals surface area (Å²) < 4.78 is 0. The van der Waals surface area contributed by atoms with Gasteiger partial charge in [-0.05, 0) is 65.0 Å². The molecule has 295 valence electrons. The van der Waals surface area contributed by atoms with Gasteiger partial charge in [-0.3, -0.25) is 9.98 Å². The Morgan fingerprint density at radius 3 is 1.20 bits per heavy atom. The van der Waals surface area contributed by atoms with Crippen molar-refractivity contribution in [1.82, 2.24) is 0 Å². The van der Waals surface area contributed by atoms with E-state index in [1.54, 1.807) is 0 Å². The Balaban J connectivity index is 0.00000155. The summed E-state index contributed by atoms with van der Waals surface area (Å²) in [7, 11) is 0.